The van der Waals surface area contributed by atoms with Crippen LogP contribution in [0.1, 0.15) is 12.8 Å². The Hall–Kier alpha value is -1.29. The summed E-state index contributed by atoms with van der Waals surface area (Å²) in [5.74, 6) is 0.120. The summed E-state index contributed by atoms with van der Waals surface area (Å²) in [4.78, 5) is 0. The van der Waals surface area contributed by atoms with Crippen LogP contribution in [0.25, 0.3) is 0 Å². The molecule has 0 unspecified atom stereocenters. The third-order valence-corrected chi connectivity index (χ3v) is 1.78. The molecule has 0 bridgehead atoms. The molecule has 0 radical (unpaired) electrons. The largest absolute Gasteiger partial charge is 0.491 e. The molecule has 0 saturated carbocycles. The Bertz CT molecular complexity index is 291. The summed E-state index contributed by atoms with van der Waals surface area (Å²) in [6.45, 7) is 0.638. The van der Waals surface area contributed by atoms with Crippen LogP contribution in [0.5, 0.6) is 5.75 Å². The molecule has 0 amide bonds. The molecule has 0 aromatic heterocycles. The highest BCUT2D eigenvalue weighted by Crippen LogP contribution is 2.21. The molecule has 0 saturated heterocycles. The lowest BCUT2D eigenvalue weighted by molar-refractivity contribution is 0.253. The van der Waals surface area contributed by atoms with E-state index in [2.05, 4.69) is 0 Å². The molecule has 4 heteroatoms. The Morgan fingerprint density at radius 1 is 1.36 bits per heavy atom. The van der Waals surface area contributed by atoms with Crippen molar-refractivity contribution in [1.29, 1.82) is 0 Å². The molecule has 3 nitrogen and oxygen atoms in total. The van der Waals surface area contributed by atoms with Gasteiger partial charge in [0.25, 0.3) is 0 Å². The molecule has 0 spiro atoms. The number of rotatable bonds is 5. The summed E-state index contributed by atoms with van der Waals surface area (Å²) in [6.07, 6.45) is 1.45. The topological polar surface area (TPSA) is 55.5 Å². The first kappa shape index (κ1) is 10.8. The molecule has 0 atom stereocenters. The van der Waals surface area contributed by atoms with Crippen molar-refractivity contribution in [3.8, 4) is 5.75 Å². The van der Waals surface area contributed by atoms with Gasteiger partial charge in [-0.3, -0.25) is 0 Å². The van der Waals surface area contributed by atoms with E-state index in [0.717, 1.165) is 6.42 Å². The fraction of sp³-hybridized carbons (Fsp3) is 0.400. The van der Waals surface area contributed by atoms with E-state index in [-0.39, 0.29) is 12.4 Å². The Morgan fingerprint density at radius 2 is 2.14 bits per heavy atom. The zero-order chi connectivity index (χ0) is 10.4. The van der Waals surface area contributed by atoms with Crippen LogP contribution in [0.3, 0.4) is 0 Å². The number of nitrogens with two attached hydrogens (primary N) is 1. The summed E-state index contributed by atoms with van der Waals surface area (Å²) in [7, 11) is 0. The minimum absolute atomic E-state index is 0.155. The van der Waals surface area contributed by atoms with Crippen molar-refractivity contribution >= 4 is 5.69 Å². The maximum absolute atomic E-state index is 12.6. The summed E-state index contributed by atoms with van der Waals surface area (Å²) in [5, 5.41) is 8.52. The summed E-state index contributed by atoms with van der Waals surface area (Å²) >= 11 is 0. The van der Waals surface area contributed by atoms with Crippen LogP contribution in [0.2, 0.25) is 0 Å². The van der Waals surface area contributed by atoms with Gasteiger partial charge in [-0.05, 0) is 25.0 Å². The second-order valence-corrected chi connectivity index (χ2v) is 2.96. The SMILES string of the molecule is Nc1cc(F)ccc1OCCCCO. The lowest BCUT2D eigenvalue weighted by atomic mass is 10.3. The third-order valence-electron chi connectivity index (χ3n) is 1.78. The molecule has 0 heterocycles. The predicted octanol–water partition coefficient (Wildman–Crippen LogP) is 1.56. The Kier molecular flexibility index (Phi) is 4.19. The lowest BCUT2D eigenvalue weighted by Crippen LogP contribution is -2.01. The van der Waals surface area contributed by atoms with Crippen molar-refractivity contribution in [1.82, 2.24) is 0 Å². The highest BCUT2D eigenvalue weighted by atomic mass is 19.1. The Labute approximate surface area is 82.3 Å². The first-order valence-corrected chi connectivity index (χ1v) is 4.52. The van der Waals surface area contributed by atoms with E-state index in [1.807, 2.05) is 0 Å². The smallest absolute Gasteiger partial charge is 0.142 e. The number of unbranched alkanes of at least 4 members (excludes halogenated alkanes) is 1. The van der Waals surface area contributed by atoms with Crippen molar-refractivity contribution in [2.75, 3.05) is 18.9 Å². The molecule has 0 aliphatic rings. The first-order valence-electron chi connectivity index (χ1n) is 4.52. The van der Waals surface area contributed by atoms with E-state index in [4.69, 9.17) is 15.6 Å². The molecular weight excluding hydrogens is 185 g/mol. The Morgan fingerprint density at radius 3 is 2.79 bits per heavy atom. The van der Waals surface area contributed by atoms with Crippen molar-refractivity contribution in [2.24, 2.45) is 0 Å². The van der Waals surface area contributed by atoms with Gasteiger partial charge in [0.2, 0.25) is 0 Å². The third kappa shape index (κ3) is 3.22. The van der Waals surface area contributed by atoms with Crippen LogP contribution in [0.4, 0.5) is 10.1 Å². The second-order valence-electron chi connectivity index (χ2n) is 2.96. The monoisotopic (exact) mass is 199 g/mol. The van der Waals surface area contributed by atoms with Crippen LogP contribution in [-0.2, 0) is 0 Å². The molecule has 1 aromatic carbocycles. The summed E-state index contributed by atoms with van der Waals surface area (Å²) in [6, 6.07) is 4.03. The molecule has 1 aromatic rings. The normalized spacial score (nSPS) is 10.1. The van der Waals surface area contributed by atoms with Gasteiger partial charge in [0, 0.05) is 12.7 Å². The molecule has 1 rings (SSSR count). The molecule has 14 heavy (non-hydrogen) atoms. The van der Waals surface area contributed by atoms with Gasteiger partial charge in [0.1, 0.15) is 11.6 Å². The Balaban J connectivity index is 2.42. The van der Waals surface area contributed by atoms with Gasteiger partial charge in [-0.1, -0.05) is 0 Å². The summed E-state index contributed by atoms with van der Waals surface area (Å²) in [5.41, 5.74) is 5.82. The summed E-state index contributed by atoms with van der Waals surface area (Å²) < 4.78 is 17.9. The van der Waals surface area contributed by atoms with Crippen molar-refractivity contribution in [3.05, 3.63) is 24.0 Å². The molecule has 0 fully saturated rings. The zero-order valence-electron chi connectivity index (χ0n) is 7.87. The van der Waals surface area contributed by atoms with Crippen LogP contribution >= 0.6 is 0 Å². The van der Waals surface area contributed by atoms with E-state index in [1.54, 1.807) is 0 Å². The predicted molar refractivity (Wildman–Crippen MR) is 52.6 cm³/mol. The van der Waals surface area contributed by atoms with Gasteiger partial charge in [-0.25, -0.2) is 4.39 Å². The van der Waals surface area contributed by atoms with E-state index in [0.29, 0.717) is 24.5 Å². The number of nitrogen functional groups attached to an aromatic ring is 1. The molecule has 78 valence electrons. The number of hydrogen-bond donors (Lipinski definition) is 2. The maximum atomic E-state index is 12.6. The minimum atomic E-state index is -0.370. The fourth-order valence-electron chi connectivity index (χ4n) is 1.05. The van der Waals surface area contributed by atoms with Gasteiger partial charge in [0.15, 0.2) is 0 Å². The second kappa shape index (κ2) is 5.44. The number of benzene rings is 1. The van der Waals surface area contributed by atoms with Gasteiger partial charge >= 0.3 is 0 Å². The number of aliphatic hydroxyl groups excluding tert-OH is 1. The molecule has 0 aliphatic heterocycles. The lowest BCUT2D eigenvalue weighted by Gasteiger charge is -2.07. The van der Waals surface area contributed by atoms with Crippen LogP contribution in [-0.4, -0.2) is 18.3 Å². The zero-order valence-corrected chi connectivity index (χ0v) is 7.87. The number of ether oxygens (including phenoxy) is 1. The fourth-order valence-corrected chi connectivity index (χ4v) is 1.05. The van der Waals surface area contributed by atoms with Crippen molar-refractivity contribution in [2.45, 2.75) is 12.8 Å². The van der Waals surface area contributed by atoms with Crippen LogP contribution < -0.4 is 10.5 Å². The van der Waals surface area contributed by atoms with Gasteiger partial charge in [0.05, 0.1) is 12.3 Å². The van der Waals surface area contributed by atoms with E-state index in [1.165, 1.54) is 18.2 Å². The first-order chi connectivity index (χ1) is 6.74. The van der Waals surface area contributed by atoms with Crippen LogP contribution in [0, 0.1) is 5.82 Å². The number of halogens is 1. The highest BCUT2D eigenvalue weighted by Gasteiger charge is 2.00. The minimum Gasteiger partial charge on any atom is -0.491 e. The number of anilines is 1. The average Bonchev–Trinajstić information content (AvgIpc) is 2.15. The standard InChI is InChI=1S/C10H14FNO2/c11-8-3-4-10(9(12)7-8)14-6-2-1-5-13/h3-4,7,13H,1-2,5-6,12H2. The van der Waals surface area contributed by atoms with Crippen molar-refractivity contribution in [3.63, 3.8) is 0 Å². The molecular formula is C10H14FNO2. The van der Waals surface area contributed by atoms with E-state index < -0.39 is 0 Å². The number of aliphatic hydroxyl groups is 1. The molecule has 0 aliphatic carbocycles. The quantitative estimate of drug-likeness (QED) is 0.559. The van der Waals surface area contributed by atoms with Gasteiger partial charge < -0.3 is 15.6 Å². The van der Waals surface area contributed by atoms with E-state index >= 15 is 0 Å². The maximum Gasteiger partial charge on any atom is 0.142 e. The van der Waals surface area contributed by atoms with E-state index in [9.17, 15) is 4.39 Å². The highest BCUT2D eigenvalue weighted by molar-refractivity contribution is 5.52. The van der Waals surface area contributed by atoms with Gasteiger partial charge in [-0.15, -0.1) is 0 Å². The average molecular weight is 199 g/mol. The van der Waals surface area contributed by atoms with Crippen molar-refractivity contribution < 1.29 is 14.2 Å². The molecule has 3 N–H and O–H groups in total. The van der Waals surface area contributed by atoms with Gasteiger partial charge in [-0.2, -0.15) is 0 Å². The van der Waals surface area contributed by atoms with Crippen LogP contribution in [0.15, 0.2) is 18.2 Å². The number of hydrogen-bond acceptors (Lipinski definition) is 3.